The molecule has 0 atom stereocenters. The molecule has 5 rings (SSSR count). The lowest BCUT2D eigenvalue weighted by atomic mass is 9.87. The molecule has 0 aliphatic rings. The quantitative estimate of drug-likeness (QED) is 0.0349. The molecule has 4 nitrogen and oxygen atoms in total. The molecule has 0 unspecified atom stereocenters. The fraction of sp³-hybridized carbons (Fsp3) is 0.421. The Bertz CT molecular complexity index is 1590. The number of carbonyl (C=O) groups excluding carboxylic acids is 2. The van der Waals surface area contributed by atoms with Crippen LogP contribution in [0, 0.1) is 0 Å². The number of hydrogen-bond donors (Lipinski definition) is 2. The fourth-order valence-corrected chi connectivity index (χ4v) is 6.69. The number of thiol groups is 1. The van der Waals surface area contributed by atoms with Crippen molar-refractivity contribution in [3.05, 3.63) is 72.3 Å². The van der Waals surface area contributed by atoms with E-state index in [0.717, 1.165) is 38.6 Å². The van der Waals surface area contributed by atoms with Crippen molar-refractivity contribution in [3.8, 4) is 0 Å². The molecule has 0 spiro atoms. The van der Waals surface area contributed by atoms with Gasteiger partial charge in [0, 0.05) is 19.4 Å². The van der Waals surface area contributed by atoms with E-state index in [0.29, 0.717) is 25.2 Å². The maximum Gasteiger partial charge on any atom is 0.305 e. The van der Waals surface area contributed by atoms with Crippen molar-refractivity contribution < 1.29 is 14.3 Å². The van der Waals surface area contributed by atoms with Crippen molar-refractivity contribution in [1.82, 2.24) is 5.32 Å². The van der Waals surface area contributed by atoms with Crippen LogP contribution in [-0.4, -0.2) is 30.8 Å². The monoisotopic (exact) mass is 595 g/mol. The van der Waals surface area contributed by atoms with E-state index >= 15 is 0 Å². The standard InChI is InChI=1S/C38H45NO3S/c40-35(24-27-43)39-25-8-6-4-2-1-3-5-7-9-26-42-36(41)21-12-14-28-22-23-34-32-19-11-16-29-15-10-18-31(37(29)32)33-20-13-17-30(28)38(33)34/h10-11,13,15-20,22-23,43H,1-9,12,14,21,24-27H2,(H,39,40). The van der Waals surface area contributed by atoms with Gasteiger partial charge in [-0.2, -0.15) is 12.6 Å². The van der Waals surface area contributed by atoms with E-state index in [1.54, 1.807) is 0 Å². The van der Waals surface area contributed by atoms with Crippen LogP contribution in [0.5, 0.6) is 0 Å². The van der Waals surface area contributed by atoms with Crippen LogP contribution in [0.25, 0.3) is 43.1 Å². The third-order valence-electron chi connectivity index (χ3n) is 8.69. The average Bonchev–Trinajstić information content (AvgIpc) is 3.02. The first-order valence-corrected chi connectivity index (χ1v) is 16.9. The zero-order valence-corrected chi connectivity index (χ0v) is 26.2. The second-order valence-electron chi connectivity index (χ2n) is 11.8. The lowest BCUT2D eigenvalue weighted by Crippen LogP contribution is -2.24. The molecule has 226 valence electrons. The van der Waals surface area contributed by atoms with Gasteiger partial charge in [0.15, 0.2) is 0 Å². The van der Waals surface area contributed by atoms with Crippen LogP contribution in [0.4, 0.5) is 0 Å². The number of nitrogens with one attached hydrogen (secondary N) is 1. The Morgan fingerprint density at radius 2 is 1.19 bits per heavy atom. The van der Waals surface area contributed by atoms with Crippen molar-refractivity contribution >= 4 is 67.6 Å². The van der Waals surface area contributed by atoms with Crippen LogP contribution < -0.4 is 5.32 Å². The van der Waals surface area contributed by atoms with E-state index in [-0.39, 0.29) is 11.9 Å². The van der Waals surface area contributed by atoms with E-state index in [1.807, 2.05) is 0 Å². The second kappa shape index (κ2) is 16.0. The number of aryl methyl sites for hydroxylation is 1. The van der Waals surface area contributed by atoms with Crippen molar-refractivity contribution in [3.63, 3.8) is 0 Å². The number of esters is 1. The number of rotatable bonds is 18. The number of carbonyl (C=O) groups is 2. The zero-order chi connectivity index (χ0) is 29.9. The Morgan fingerprint density at radius 1 is 0.605 bits per heavy atom. The lowest BCUT2D eigenvalue weighted by molar-refractivity contribution is -0.143. The van der Waals surface area contributed by atoms with Crippen molar-refractivity contribution in [2.24, 2.45) is 0 Å². The lowest BCUT2D eigenvalue weighted by Gasteiger charge is -2.16. The third-order valence-corrected chi connectivity index (χ3v) is 8.91. The Labute approximate surface area is 261 Å². The smallest absolute Gasteiger partial charge is 0.305 e. The third kappa shape index (κ3) is 8.00. The van der Waals surface area contributed by atoms with Crippen LogP contribution in [0.15, 0.2) is 66.7 Å². The molecule has 0 saturated heterocycles. The molecule has 0 radical (unpaired) electrons. The number of ether oxygens (including phenoxy) is 1. The molecule has 0 aliphatic heterocycles. The van der Waals surface area contributed by atoms with Crippen LogP contribution in [0.3, 0.4) is 0 Å². The summed E-state index contributed by atoms with van der Waals surface area (Å²) in [6.45, 7) is 1.31. The van der Waals surface area contributed by atoms with Gasteiger partial charge in [0.25, 0.3) is 0 Å². The number of benzene rings is 5. The molecule has 43 heavy (non-hydrogen) atoms. The number of unbranched alkanes of at least 4 members (excludes halogenated alkanes) is 8. The minimum atomic E-state index is -0.0786. The van der Waals surface area contributed by atoms with Gasteiger partial charge in [-0.25, -0.2) is 0 Å². The van der Waals surface area contributed by atoms with Gasteiger partial charge in [-0.1, -0.05) is 112 Å². The molecular formula is C38H45NO3S. The molecule has 5 aromatic carbocycles. The first-order chi connectivity index (χ1) is 21.2. The van der Waals surface area contributed by atoms with Gasteiger partial charge in [-0.15, -0.1) is 0 Å². The first kappa shape index (κ1) is 31.1. The van der Waals surface area contributed by atoms with E-state index in [9.17, 15) is 9.59 Å². The van der Waals surface area contributed by atoms with Crippen LogP contribution >= 0.6 is 12.6 Å². The van der Waals surface area contributed by atoms with Crippen molar-refractivity contribution in [2.75, 3.05) is 18.9 Å². The Hall–Kier alpha value is -3.31. The predicted octanol–water partition coefficient (Wildman–Crippen LogP) is 9.55. The van der Waals surface area contributed by atoms with E-state index in [1.165, 1.54) is 87.2 Å². The number of amides is 1. The second-order valence-corrected chi connectivity index (χ2v) is 12.2. The first-order valence-electron chi connectivity index (χ1n) is 16.3. The Morgan fingerprint density at radius 3 is 1.88 bits per heavy atom. The maximum atomic E-state index is 12.4. The highest BCUT2D eigenvalue weighted by atomic mass is 32.1. The fourth-order valence-electron chi connectivity index (χ4n) is 6.49. The molecule has 0 fully saturated rings. The SMILES string of the molecule is O=C(CCS)NCCCCCCCCCCCOC(=O)CCCc1ccc2c3cccc4cccc(c5cccc1c52)c43. The van der Waals surface area contributed by atoms with E-state index in [2.05, 4.69) is 84.7 Å². The number of hydrogen-bond acceptors (Lipinski definition) is 4. The minimum absolute atomic E-state index is 0.0786. The molecule has 0 heterocycles. The summed E-state index contributed by atoms with van der Waals surface area (Å²) in [5, 5.41) is 13.4. The molecule has 5 aromatic rings. The van der Waals surface area contributed by atoms with E-state index in [4.69, 9.17) is 4.74 Å². The van der Waals surface area contributed by atoms with Gasteiger partial charge >= 0.3 is 5.97 Å². The Kier molecular flexibility index (Phi) is 11.5. The molecular weight excluding hydrogens is 550 g/mol. The summed E-state index contributed by atoms with van der Waals surface area (Å²) >= 11 is 4.08. The van der Waals surface area contributed by atoms with Crippen molar-refractivity contribution in [1.29, 1.82) is 0 Å². The summed E-state index contributed by atoms with van der Waals surface area (Å²) in [4.78, 5) is 23.8. The van der Waals surface area contributed by atoms with Crippen LogP contribution in [0.2, 0.25) is 0 Å². The van der Waals surface area contributed by atoms with Gasteiger partial charge in [0.1, 0.15) is 0 Å². The molecule has 0 aliphatic carbocycles. The Balaban J connectivity index is 0.990. The topological polar surface area (TPSA) is 55.4 Å². The van der Waals surface area contributed by atoms with Crippen LogP contribution in [-0.2, 0) is 20.7 Å². The summed E-state index contributed by atoms with van der Waals surface area (Å²) in [6, 6.07) is 24.4. The van der Waals surface area contributed by atoms with Crippen molar-refractivity contribution in [2.45, 2.75) is 83.5 Å². The highest BCUT2D eigenvalue weighted by Gasteiger charge is 2.14. The molecule has 0 aromatic heterocycles. The molecule has 1 N–H and O–H groups in total. The molecule has 5 heteroatoms. The van der Waals surface area contributed by atoms with Gasteiger partial charge < -0.3 is 10.1 Å². The van der Waals surface area contributed by atoms with Gasteiger partial charge in [-0.3, -0.25) is 9.59 Å². The summed E-state index contributed by atoms with van der Waals surface area (Å²) in [7, 11) is 0. The largest absolute Gasteiger partial charge is 0.466 e. The van der Waals surface area contributed by atoms with Gasteiger partial charge in [0.2, 0.25) is 5.91 Å². The summed E-state index contributed by atoms with van der Waals surface area (Å²) < 4.78 is 5.55. The normalized spacial score (nSPS) is 11.7. The number of fused-ring (bicyclic) bond motifs is 2. The predicted molar refractivity (Wildman–Crippen MR) is 185 cm³/mol. The summed E-state index contributed by atoms with van der Waals surface area (Å²) in [6.07, 6.45) is 13.1. The maximum absolute atomic E-state index is 12.4. The highest BCUT2D eigenvalue weighted by Crippen LogP contribution is 2.41. The van der Waals surface area contributed by atoms with Gasteiger partial charge in [-0.05, 0) is 80.1 Å². The molecule has 0 bridgehead atoms. The molecule has 1 amide bonds. The van der Waals surface area contributed by atoms with Gasteiger partial charge in [0.05, 0.1) is 6.61 Å². The molecule has 0 saturated carbocycles. The highest BCUT2D eigenvalue weighted by molar-refractivity contribution is 7.80. The average molecular weight is 596 g/mol. The summed E-state index contributed by atoms with van der Waals surface area (Å²) in [5.41, 5.74) is 1.30. The van der Waals surface area contributed by atoms with E-state index < -0.39 is 0 Å². The summed E-state index contributed by atoms with van der Waals surface area (Å²) in [5.74, 6) is 0.636. The minimum Gasteiger partial charge on any atom is -0.466 e. The van der Waals surface area contributed by atoms with Crippen LogP contribution in [0.1, 0.15) is 82.6 Å². The zero-order valence-electron chi connectivity index (χ0n) is 25.3.